The molecular formula is C30H32F2N4O3. The summed E-state index contributed by atoms with van der Waals surface area (Å²) in [5, 5.41) is 13.5. The lowest BCUT2D eigenvalue weighted by Gasteiger charge is -2.36. The molecule has 1 saturated carbocycles. The number of morpholine rings is 1. The van der Waals surface area contributed by atoms with E-state index in [1.165, 1.54) is 11.9 Å². The van der Waals surface area contributed by atoms with Crippen molar-refractivity contribution >= 4 is 0 Å². The highest BCUT2D eigenvalue weighted by Crippen LogP contribution is 2.37. The standard InChI is InChI=1S/C30H32F2N4O3/c31-30(32)16-26(17-30)33-18-25(27-28(37)29(38)35-20-34-27)15-23-7-3-21(4-8-23)1-2-22-5-9-24(10-6-22)19-36-11-13-39-14-12-36/h3-10,20,25-26,33,37H,11-19H2,(H,34,35,38). The van der Waals surface area contributed by atoms with Crippen LogP contribution < -0.4 is 10.9 Å². The third-order valence-corrected chi connectivity index (χ3v) is 7.24. The van der Waals surface area contributed by atoms with Crippen LogP contribution in [-0.2, 0) is 17.7 Å². The second kappa shape index (κ2) is 12.1. The van der Waals surface area contributed by atoms with Crippen LogP contribution in [0.3, 0.4) is 0 Å². The van der Waals surface area contributed by atoms with Crippen LogP contribution in [0, 0.1) is 11.8 Å². The average molecular weight is 535 g/mol. The minimum Gasteiger partial charge on any atom is -0.502 e. The molecule has 39 heavy (non-hydrogen) atoms. The fourth-order valence-corrected chi connectivity index (χ4v) is 4.95. The van der Waals surface area contributed by atoms with E-state index in [0.29, 0.717) is 13.0 Å². The van der Waals surface area contributed by atoms with Crippen LogP contribution in [0.4, 0.5) is 8.78 Å². The lowest BCUT2D eigenvalue weighted by Crippen LogP contribution is -2.49. The molecule has 1 aromatic heterocycles. The van der Waals surface area contributed by atoms with Gasteiger partial charge in [0.05, 0.1) is 25.2 Å². The van der Waals surface area contributed by atoms with Gasteiger partial charge >= 0.3 is 0 Å². The number of hydrogen-bond acceptors (Lipinski definition) is 6. The summed E-state index contributed by atoms with van der Waals surface area (Å²) >= 11 is 0. The molecule has 1 atom stereocenters. The van der Waals surface area contributed by atoms with E-state index in [1.54, 1.807) is 0 Å². The van der Waals surface area contributed by atoms with Crippen molar-refractivity contribution in [3.05, 3.63) is 93.2 Å². The predicted octanol–water partition coefficient (Wildman–Crippen LogP) is 3.42. The highest BCUT2D eigenvalue weighted by Gasteiger charge is 2.45. The first-order valence-electron chi connectivity index (χ1n) is 13.2. The molecule has 7 nitrogen and oxygen atoms in total. The van der Waals surface area contributed by atoms with Gasteiger partial charge in [-0.3, -0.25) is 9.69 Å². The van der Waals surface area contributed by atoms with Crippen molar-refractivity contribution in [3.8, 4) is 17.6 Å². The summed E-state index contributed by atoms with van der Waals surface area (Å²) < 4.78 is 31.9. The van der Waals surface area contributed by atoms with E-state index in [-0.39, 0.29) is 30.5 Å². The normalized spacial score (nSPS) is 18.1. The Balaban J connectivity index is 1.22. The summed E-state index contributed by atoms with van der Waals surface area (Å²) in [6.45, 7) is 4.70. The topological polar surface area (TPSA) is 90.5 Å². The van der Waals surface area contributed by atoms with E-state index < -0.39 is 17.2 Å². The summed E-state index contributed by atoms with van der Waals surface area (Å²) in [6, 6.07) is 15.8. The van der Waals surface area contributed by atoms with Gasteiger partial charge in [0, 0.05) is 62.1 Å². The van der Waals surface area contributed by atoms with Crippen LogP contribution in [0.15, 0.2) is 59.7 Å². The van der Waals surface area contributed by atoms with Crippen LogP contribution in [0.5, 0.6) is 5.75 Å². The van der Waals surface area contributed by atoms with Gasteiger partial charge in [0.1, 0.15) is 0 Å². The largest absolute Gasteiger partial charge is 0.502 e. The number of aromatic hydroxyl groups is 1. The molecule has 2 aromatic carbocycles. The number of aromatic nitrogens is 2. The average Bonchev–Trinajstić information content (AvgIpc) is 2.92. The Kier molecular flexibility index (Phi) is 8.36. The molecule has 5 rings (SSSR count). The molecule has 0 spiro atoms. The number of hydrogen-bond donors (Lipinski definition) is 3. The molecule has 1 aliphatic carbocycles. The monoisotopic (exact) mass is 534 g/mol. The van der Waals surface area contributed by atoms with E-state index in [2.05, 4.69) is 44.2 Å². The number of alkyl halides is 2. The highest BCUT2D eigenvalue weighted by molar-refractivity contribution is 5.44. The molecule has 1 aliphatic heterocycles. The molecule has 3 N–H and O–H groups in total. The van der Waals surface area contributed by atoms with Gasteiger partial charge in [0.2, 0.25) is 5.75 Å². The zero-order chi connectivity index (χ0) is 27.2. The van der Waals surface area contributed by atoms with Crippen molar-refractivity contribution in [2.24, 2.45) is 0 Å². The predicted molar refractivity (Wildman–Crippen MR) is 144 cm³/mol. The third kappa shape index (κ3) is 7.30. The number of benzene rings is 2. The number of nitrogens with one attached hydrogen (secondary N) is 2. The van der Waals surface area contributed by atoms with Gasteiger partial charge in [-0.25, -0.2) is 13.8 Å². The summed E-state index contributed by atoms with van der Waals surface area (Å²) in [6.07, 6.45) is 1.30. The minimum atomic E-state index is -2.63. The molecule has 3 aromatic rings. The van der Waals surface area contributed by atoms with Gasteiger partial charge in [0.15, 0.2) is 0 Å². The van der Waals surface area contributed by atoms with Crippen LogP contribution >= 0.6 is 0 Å². The zero-order valence-electron chi connectivity index (χ0n) is 21.6. The summed E-state index contributed by atoms with van der Waals surface area (Å²) in [5.74, 6) is 2.97. The maximum atomic E-state index is 13.3. The molecular weight excluding hydrogens is 502 g/mol. The van der Waals surface area contributed by atoms with Gasteiger partial charge < -0.3 is 20.1 Å². The molecule has 0 bridgehead atoms. The third-order valence-electron chi connectivity index (χ3n) is 7.24. The van der Waals surface area contributed by atoms with Crippen LogP contribution in [-0.4, -0.2) is 64.8 Å². The number of aromatic amines is 1. The molecule has 2 heterocycles. The van der Waals surface area contributed by atoms with Gasteiger partial charge in [-0.1, -0.05) is 36.1 Å². The van der Waals surface area contributed by atoms with E-state index in [9.17, 15) is 18.7 Å². The molecule has 2 fully saturated rings. The molecule has 9 heteroatoms. The van der Waals surface area contributed by atoms with Gasteiger partial charge in [-0.15, -0.1) is 0 Å². The number of halogens is 2. The van der Waals surface area contributed by atoms with Crippen molar-refractivity contribution < 1.29 is 18.6 Å². The fraction of sp³-hybridized carbons (Fsp3) is 0.400. The summed E-state index contributed by atoms with van der Waals surface area (Å²) in [5.41, 5.74) is 3.63. The van der Waals surface area contributed by atoms with Gasteiger partial charge in [-0.05, 0) is 41.8 Å². The number of rotatable bonds is 8. The van der Waals surface area contributed by atoms with Crippen molar-refractivity contribution in [2.75, 3.05) is 32.8 Å². The van der Waals surface area contributed by atoms with E-state index in [1.807, 2.05) is 36.4 Å². The van der Waals surface area contributed by atoms with Crippen LogP contribution in [0.25, 0.3) is 0 Å². The number of nitrogens with zero attached hydrogens (tertiary/aromatic N) is 2. The molecule has 0 radical (unpaired) electrons. The maximum Gasteiger partial charge on any atom is 0.293 e. The molecule has 1 saturated heterocycles. The van der Waals surface area contributed by atoms with Crippen LogP contribution in [0.1, 0.15) is 46.7 Å². The second-order valence-corrected chi connectivity index (χ2v) is 10.3. The van der Waals surface area contributed by atoms with Crippen molar-refractivity contribution in [1.82, 2.24) is 20.2 Å². The Morgan fingerprint density at radius 2 is 1.67 bits per heavy atom. The Morgan fingerprint density at radius 3 is 2.28 bits per heavy atom. The SMILES string of the molecule is O=c1[nH]cnc(C(CNC2CC(F)(F)C2)Cc2ccc(C#Cc3ccc(CN4CCOCC4)cc3)cc2)c1O. The Hall–Kier alpha value is -3.58. The number of H-pyrrole nitrogens is 1. The van der Waals surface area contributed by atoms with E-state index >= 15 is 0 Å². The summed E-state index contributed by atoms with van der Waals surface area (Å²) in [7, 11) is 0. The quantitative estimate of drug-likeness (QED) is 0.384. The first kappa shape index (κ1) is 27.0. The van der Waals surface area contributed by atoms with Crippen LogP contribution in [0.2, 0.25) is 0 Å². The lowest BCUT2D eigenvalue weighted by atomic mass is 9.87. The van der Waals surface area contributed by atoms with E-state index in [0.717, 1.165) is 49.5 Å². The fourth-order valence-electron chi connectivity index (χ4n) is 4.95. The first-order chi connectivity index (χ1) is 18.8. The second-order valence-electron chi connectivity index (χ2n) is 10.3. The van der Waals surface area contributed by atoms with Crippen molar-refractivity contribution in [1.29, 1.82) is 0 Å². The lowest BCUT2D eigenvalue weighted by molar-refractivity contribution is -0.0927. The van der Waals surface area contributed by atoms with E-state index in [4.69, 9.17) is 4.74 Å². The Bertz CT molecular complexity index is 1370. The smallest absolute Gasteiger partial charge is 0.293 e. The highest BCUT2D eigenvalue weighted by atomic mass is 19.3. The first-order valence-corrected chi connectivity index (χ1v) is 13.2. The maximum absolute atomic E-state index is 13.3. The Morgan fingerprint density at radius 1 is 1.05 bits per heavy atom. The minimum absolute atomic E-state index is 0.210. The zero-order valence-corrected chi connectivity index (χ0v) is 21.6. The van der Waals surface area contributed by atoms with Gasteiger partial charge in [0.25, 0.3) is 11.5 Å². The molecule has 204 valence electrons. The summed E-state index contributed by atoms with van der Waals surface area (Å²) in [4.78, 5) is 20.9. The van der Waals surface area contributed by atoms with Crippen molar-refractivity contribution in [2.45, 2.75) is 43.7 Å². The Labute approximate surface area is 226 Å². The van der Waals surface area contributed by atoms with Crippen molar-refractivity contribution in [3.63, 3.8) is 0 Å². The molecule has 2 aliphatic rings. The molecule has 0 amide bonds. The van der Waals surface area contributed by atoms with Gasteiger partial charge in [-0.2, -0.15) is 0 Å². The number of ether oxygens (including phenoxy) is 1. The molecule has 1 unspecified atom stereocenters.